The van der Waals surface area contributed by atoms with Gasteiger partial charge in [0.05, 0.1) is 4.88 Å². The molecule has 1 N–H and O–H groups in total. The third kappa shape index (κ3) is 3.09. The molecular weight excluding hydrogens is 287 g/mol. The summed E-state index contributed by atoms with van der Waals surface area (Å²) >= 11 is 1.38. The molecule has 0 atom stereocenters. The highest BCUT2D eigenvalue weighted by Crippen LogP contribution is 2.28. The maximum absolute atomic E-state index is 13.2. The Morgan fingerprint density at radius 3 is 2.86 bits per heavy atom. The van der Waals surface area contributed by atoms with Crippen LogP contribution in [0.2, 0.25) is 0 Å². The molecule has 3 nitrogen and oxygen atoms in total. The Morgan fingerprint density at radius 2 is 2.14 bits per heavy atom. The maximum atomic E-state index is 13.2. The molecule has 2 aromatic rings. The average Bonchev–Trinajstić information content (AvgIpc) is 2.90. The summed E-state index contributed by atoms with van der Waals surface area (Å²) in [4.78, 5) is 15.2. The lowest BCUT2D eigenvalue weighted by Crippen LogP contribution is -2.40. The molecule has 21 heavy (non-hydrogen) atoms. The van der Waals surface area contributed by atoms with Gasteiger partial charge >= 0.3 is 0 Å². The molecule has 1 aromatic heterocycles. The van der Waals surface area contributed by atoms with Crippen molar-refractivity contribution in [2.45, 2.75) is 12.8 Å². The number of nitrogens with one attached hydrogen (secondary N) is 1. The normalized spacial score (nSPS) is 16.6. The fraction of sp³-hybridized carbons (Fsp3) is 0.438. The summed E-state index contributed by atoms with van der Waals surface area (Å²) in [6.45, 7) is 2.64. The summed E-state index contributed by atoms with van der Waals surface area (Å²) in [5.41, 5.74) is 0. The molecule has 1 amide bonds. The Morgan fingerprint density at radius 1 is 1.38 bits per heavy atom. The number of carbonyl (C=O) groups is 1. The molecule has 0 saturated carbocycles. The lowest BCUT2D eigenvalue weighted by Gasteiger charge is -2.31. The van der Waals surface area contributed by atoms with Crippen molar-refractivity contribution in [1.82, 2.24) is 10.2 Å². The molecule has 0 bridgehead atoms. The number of rotatable bonds is 3. The van der Waals surface area contributed by atoms with E-state index in [0.717, 1.165) is 42.6 Å². The molecule has 1 fully saturated rings. The van der Waals surface area contributed by atoms with Gasteiger partial charge in [0, 0.05) is 17.8 Å². The van der Waals surface area contributed by atoms with Gasteiger partial charge in [0.25, 0.3) is 5.91 Å². The van der Waals surface area contributed by atoms with Crippen molar-refractivity contribution in [3.8, 4) is 0 Å². The quantitative estimate of drug-likeness (QED) is 0.945. The van der Waals surface area contributed by atoms with Crippen LogP contribution in [-0.2, 0) is 0 Å². The number of thiophene rings is 1. The van der Waals surface area contributed by atoms with Gasteiger partial charge in [-0.2, -0.15) is 0 Å². The molecule has 3 rings (SSSR count). The third-order valence-corrected chi connectivity index (χ3v) is 5.17. The van der Waals surface area contributed by atoms with E-state index < -0.39 is 0 Å². The van der Waals surface area contributed by atoms with Crippen molar-refractivity contribution in [3.63, 3.8) is 0 Å². The summed E-state index contributed by atoms with van der Waals surface area (Å²) in [6, 6.07) is 6.54. The highest BCUT2D eigenvalue weighted by atomic mass is 32.1. The predicted octanol–water partition coefficient (Wildman–Crippen LogP) is 3.11. The van der Waals surface area contributed by atoms with Crippen molar-refractivity contribution < 1.29 is 9.18 Å². The second-order valence-corrected chi connectivity index (χ2v) is 6.67. The smallest absolute Gasteiger partial charge is 0.263 e. The van der Waals surface area contributed by atoms with E-state index in [0.29, 0.717) is 10.8 Å². The number of amides is 1. The van der Waals surface area contributed by atoms with E-state index in [1.165, 1.54) is 23.5 Å². The molecule has 1 aromatic carbocycles. The van der Waals surface area contributed by atoms with Gasteiger partial charge in [0.2, 0.25) is 0 Å². The first-order chi connectivity index (χ1) is 10.2. The van der Waals surface area contributed by atoms with Gasteiger partial charge < -0.3 is 10.2 Å². The van der Waals surface area contributed by atoms with Crippen molar-refractivity contribution in [2.24, 2.45) is 5.92 Å². The summed E-state index contributed by atoms with van der Waals surface area (Å²) in [5.74, 6) is 0.492. The van der Waals surface area contributed by atoms with Gasteiger partial charge in [-0.25, -0.2) is 4.39 Å². The number of fused-ring (bicyclic) bond motifs is 1. The summed E-state index contributed by atoms with van der Waals surface area (Å²) in [5, 5.41) is 4.14. The summed E-state index contributed by atoms with van der Waals surface area (Å²) < 4.78 is 14.1. The molecule has 0 radical (unpaired) electrons. The summed E-state index contributed by atoms with van der Waals surface area (Å²) in [7, 11) is 1.97. The van der Waals surface area contributed by atoms with E-state index in [2.05, 4.69) is 5.32 Å². The summed E-state index contributed by atoms with van der Waals surface area (Å²) in [6.07, 6.45) is 2.10. The number of halogens is 1. The van der Waals surface area contributed by atoms with Crippen LogP contribution in [-0.4, -0.2) is 37.5 Å². The first-order valence-electron chi connectivity index (χ1n) is 7.30. The zero-order chi connectivity index (χ0) is 14.8. The van der Waals surface area contributed by atoms with Gasteiger partial charge in [0.1, 0.15) is 5.82 Å². The van der Waals surface area contributed by atoms with Crippen LogP contribution in [0.4, 0.5) is 4.39 Å². The van der Waals surface area contributed by atoms with Crippen LogP contribution in [0.3, 0.4) is 0 Å². The Balaban J connectivity index is 1.72. The van der Waals surface area contributed by atoms with Crippen LogP contribution in [0.1, 0.15) is 22.5 Å². The zero-order valence-corrected chi connectivity index (χ0v) is 12.9. The number of nitrogens with zero attached hydrogens (tertiary/aromatic N) is 1. The van der Waals surface area contributed by atoms with Crippen LogP contribution >= 0.6 is 11.3 Å². The first-order valence-corrected chi connectivity index (χ1v) is 8.12. The zero-order valence-electron chi connectivity index (χ0n) is 12.1. The number of hydrogen-bond donors (Lipinski definition) is 1. The predicted molar refractivity (Wildman–Crippen MR) is 84.3 cm³/mol. The van der Waals surface area contributed by atoms with Crippen molar-refractivity contribution in [2.75, 3.05) is 26.7 Å². The van der Waals surface area contributed by atoms with Crippen LogP contribution in [0.5, 0.6) is 0 Å². The second kappa shape index (κ2) is 6.12. The second-order valence-electron chi connectivity index (χ2n) is 5.59. The van der Waals surface area contributed by atoms with Gasteiger partial charge in [0.15, 0.2) is 0 Å². The molecule has 112 valence electrons. The molecule has 1 aliphatic heterocycles. The highest BCUT2D eigenvalue weighted by molar-refractivity contribution is 7.20. The van der Waals surface area contributed by atoms with E-state index in [4.69, 9.17) is 0 Å². The van der Waals surface area contributed by atoms with E-state index in [1.54, 1.807) is 6.07 Å². The largest absolute Gasteiger partial charge is 0.338 e. The topological polar surface area (TPSA) is 32.3 Å². The number of likely N-dealkylation sites (tertiary alicyclic amines) is 1. The van der Waals surface area contributed by atoms with E-state index >= 15 is 0 Å². The van der Waals surface area contributed by atoms with Gasteiger partial charge in [-0.1, -0.05) is 6.07 Å². The van der Waals surface area contributed by atoms with Crippen LogP contribution in [0.25, 0.3) is 10.1 Å². The fourth-order valence-electron chi connectivity index (χ4n) is 2.90. The van der Waals surface area contributed by atoms with E-state index in [1.807, 2.05) is 18.0 Å². The molecular formula is C16H19FN2OS. The SMILES string of the molecule is CNCC1CCN(C(=O)c2cc3ccc(F)cc3s2)CC1. The van der Waals surface area contributed by atoms with Crippen LogP contribution in [0.15, 0.2) is 24.3 Å². The number of piperidine rings is 1. The van der Waals surface area contributed by atoms with Crippen molar-refractivity contribution in [3.05, 3.63) is 35.0 Å². The van der Waals surface area contributed by atoms with Crippen molar-refractivity contribution >= 4 is 27.3 Å². The lowest BCUT2D eigenvalue weighted by molar-refractivity contribution is 0.0696. The number of hydrogen-bond acceptors (Lipinski definition) is 3. The standard InChI is InChI=1S/C16H19FN2OS/c1-18-10-11-4-6-19(7-5-11)16(20)15-8-12-2-3-13(17)9-14(12)21-15/h2-3,8-9,11,18H,4-7,10H2,1H3. The third-order valence-electron chi connectivity index (χ3n) is 4.09. The lowest BCUT2D eigenvalue weighted by atomic mass is 9.97. The molecule has 1 aliphatic rings. The van der Waals surface area contributed by atoms with E-state index in [9.17, 15) is 9.18 Å². The molecule has 5 heteroatoms. The van der Waals surface area contributed by atoms with Crippen molar-refractivity contribution in [1.29, 1.82) is 0 Å². The molecule has 0 aliphatic carbocycles. The van der Waals surface area contributed by atoms with Gasteiger partial charge in [-0.05, 0) is 55.9 Å². The molecule has 0 unspecified atom stereocenters. The number of benzene rings is 1. The Kier molecular flexibility index (Phi) is 4.22. The van der Waals surface area contributed by atoms with Gasteiger partial charge in [-0.3, -0.25) is 4.79 Å². The molecule has 1 saturated heterocycles. The highest BCUT2D eigenvalue weighted by Gasteiger charge is 2.24. The first kappa shape index (κ1) is 14.5. The Labute approximate surface area is 127 Å². The van der Waals surface area contributed by atoms with Crippen LogP contribution < -0.4 is 5.32 Å². The number of carbonyl (C=O) groups excluding carboxylic acids is 1. The molecule has 0 spiro atoms. The average molecular weight is 306 g/mol. The van der Waals surface area contributed by atoms with E-state index in [-0.39, 0.29) is 11.7 Å². The minimum absolute atomic E-state index is 0.0829. The van der Waals surface area contributed by atoms with Crippen LogP contribution in [0, 0.1) is 11.7 Å². The minimum Gasteiger partial charge on any atom is -0.338 e. The monoisotopic (exact) mass is 306 g/mol. The minimum atomic E-state index is -0.253. The Bertz CT molecular complexity index is 647. The Hall–Kier alpha value is -1.46. The maximum Gasteiger partial charge on any atom is 0.263 e. The molecule has 2 heterocycles. The fourth-order valence-corrected chi connectivity index (χ4v) is 3.95. The van der Waals surface area contributed by atoms with Gasteiger partial charge in [-0.15, -0.1) is 11.3 Å².